The molecule has 108 valence electrons. The molecule has 2 fully saturated rings. The van der Waals surface area contributed by atoms with Crippen molar-refractivity contribution in [2.75, 3.05) is 32.7 Å². The third-order valence-electron chi connectivity index (χ3n) is 4.22. The minimum Gasteiger partial charge on any atom is -0.333 e. The molecule has 20 heavy (non-hydrogen) atoms. The van der Waals surface area contributed by atoms with Crippen molar-refractivity contribution in [2.45, 2.75) is 18.6 Å². The lowest BCUT2D eigenvalue weighted by atomic mass is 9.89. The van der Waals surface area contributed by atoms with Gasteiger partial charge in [0.1, 0.15) is 0 Å². The van der Waals surface area contributed by atoms with E-state index in [2.05, 4.69) is 10.6 Å². The first-order valence-corrected chi connectivity index (χ1v) is 7.12. The van der Waals surface area contributed by atoms with E-state index in [1.54, 1.807) is 24.3 Å². The monoisotopic (exact) mass is 277 g/mol. The molecule has 1 aromatic rings. The highest BCUT2D eigenvalue weighted by atomic mass is 19.1. The smallest absolute Gasteiger partial charge is 0.254 e. The Hall–Kier alpha value is -1.46. The van der Waals surface area contributed by atoms with Gasteiger partial charge in [-0.2, -0.15) is 0 Å². The molecule has 0 spiro atoms. The normalized spacial score (nSPS) is 25.1. The predicted molar refractivity (Wildman–Crippen MR) is 75.5 cm³/mol. The molecule has 1 aromatic carbocycles. The van der Waals surface area contributed by atoms with Gasteiger partial charge < -0.3 is 15.5 Å². The number of alkyl halides is 1. The number of carbonyl (C=O) groups is 1. The lowest BCUT2D eigenvalue weighted by Gasteiger charge is -2.36. The van der Waals surface area contributed by atoms with Crippen LogP contribution in [0.4, 0.5) is 4.39 Å². The van der Waals surface area contributed by atoms with Crippen molar-refractivity contribution in [3.8, 4) is 0 Å². The summed E-state index contributed by atoms with van der Waals surface area (Å²) in [6.07, 6.45) is 0. The number of piperazine rings is 1. The first-order chi connectivity index (χ1) is 9.60. The Morgan fingerprint density at radius 2 is 2.00 bits per heavy atom. The van der Waals surface area contributed by atoms with E-state index in [9.17, 15) is 9.18 Å². The summed E-state index contributed by atoms with van der Waals surface area (Å²) in [5, 5.41) is 6.20. The molecule has 0 saturated carbocycles. The second kappa shape index (κ2) is 5.14. The van der Waals surface area contributed by atoms with Crippen LogP contribution in [0.5, 0.6) is 0 Å². The largest absolute Gasteiger partial charge is 0.333 e. The number of benzene rings is 1. The number of nitrogens with one attached hydrogen (secondary N) is 2. The first-order valence-electron chi connectivity index (χ1n) is 7.12. The van der Waals surface area contributed by atoms with Crippen molar-refractivity contribution in [3.05, 3.63) is 35.4 Å². The summed E-state index contributed by atoms with van der Waals surface area (Å²) in [5.41, 5.74) is 0.0312. The molecule has 1 amide bonds. The zero-order valence-electron chi connectivity index (χ0n) is 11.7. The first kappa shape index (κ1) is 13.5. The number of rotatable bonds is 2. The Labute approximate surface area is 118 Å². The fourth-order valence-corrected chi connectivity index (χ4v) is 2.77. The zero-order valence-corrected chi connectivity index (χ0v) is 11.7. The molecular weight excluding hydrogens is 257 g/mol. The van der Waals surface area contributed by atoms with Gasteiger partial charge >= 0.3 is 0 Å². The fourth-order valence-electron chi connectivity index (χ4n) is 2.77. The molecule has 2 N–H and O–H groups in total. The van der Waals surface area contributed by atoms with Gasteiger partial charge in [-0.3, -0.25) is 4.79 Å². The summed E-state index contributed by atoms with van der Waals surface area (Å²) in [5.74, 6) is 0.0326. The molecule has 1 atom stereocenters. The van der Waals surface area contributed by atoms with E-state index in [1.165, 1.54) is 0 Å². The Bertz CT molecular complexity index is 498. The molecule has 0 radical (unpaired) electrons. The van der Waals surface area contributed by atoms with E-state index in [0.717, 1.165) is 19.6 Å². The van der Waals surface area contributed by atoms with Crippen LogP contribution in [0, 0.1) is 0 Å². The Morgan fingerprint density at radius 3 is 2.55 bits per heavy atom. The average molecular weight is 277 g/mol. The highest BCUT2D eigenvalue weighted by Crippen LogP contribution is 2.30. The quantitative estimate of drug-likeness (QED) is 0.844. The minimum absolute atomic E-state index is 0.0326. The minimum atomic E-state index is -1.26. The van der Waals surface area contributed by atoms with Gasteiger partial charge in [0.15, 0.2) is 5.67 Å². The Balaban J connectivity index is 1.75. The maximum Gasteiger partial charge on any atom is 0.254 e. The van der Waals surface area contributed by atoms with E-state index in [-0.39, 0.29) is 11.9 Å². The van der Waals surface area contributed by atoms with Crippen molar-refractivity contribution in [2.24, 2.45) is 0 Å². The van der Waals surface area contributed by atoms with Gasteiger partial charge in [-0.15, -0.1) is 0 Å². The van der Waals surface area contributed by atoms with Gasteiger partial charge in [0.25, 0.3) is 5.91 Å². The highest BCUT2D eigenvalue weighted by molar-refractivity contribution is 5.94. The number of carbonyl (C=O) groups excluding carboxylic acids is 1. The SMILES string of the molecule is CC1CNCCN1C(=O)c1ccc(C2(F)CNC2)cc1. The van der Waals surface area contributed by atoms with E-state index < -0.39 is 5.67 Å². The number of nitrogens with zero attached hydrogens (tertiary/aromatic N) is 1. The summed E-state index contributed by atoms with van der Waals surface area (Å²) in [4.78, 5) is 14.3. The summed E-state index contributed by atoms with van der Waals surface area (Å²) < 4.78 is 14.2. The zero-order chi connectivity index (χ0) is 14.2. The lowest BCUT2D eigenvalue weighted by molar-refractivity contribution is 0.0654. The van der Waals surface area contributed by atoms with Crippen LogP contribution in [-0.4, -0.2) is 49.6 Å². The third-order valence-corrected chi connectivity index (χ3v) is 4.22. The molecule has 0 aliphatic carbocycles. The second-order valence-corrected chi connectivity index (χ2v) is 5.70. The van der Waals surface area contributed by atoms with Gasteiger partial charge in [0, 0.05) is 44.3 Å². The molecular formula is C15H20FN3O. The third kappa shape index (κ3) is 2.31. The van der Waals surface area contributed by atoms with Crippen LogP contribution >= 0.6 is 0 Å². The Kier molecular flexibility index (Phi) is 3.48. The average Bonchev–Trinajstić information content (AvgIpc) is 2.45. The van der Waals surface area contributed by atoms with E-state index in [4.69, 9.17) is 0 Å². The number of halogens is 1. The maximum atomic E-state index is 14.2. The van der Waals surface area contributed by atoms with Gasteiger partial charge in [-0.1, -0.05) is 12.1 Å². The van der Waals surface area contributed by atoms with Gasteiger partial charge in [0.05, 0.1) is 0 Å². The van der Waals surface area contributed by atoms with Crippen LogP contribution in [0.15, 0.2) is 24.3 Å². The molecule has 2 aliphatic heterocycles. The molecule has 3 rings (SSSR count). The summed E-state index contributed by atoms with van der Waals surface area (Å²) in [7, 11) is 0. The van der Waals surface area contributed by atoms with Crippen LogP contribution in [-0.2, 0) is 5.67 Å². The lowest BCUT2D eigenvalue weighted by Crippen LogP contribution is -2.53. The van der Waals surface area contributed by atoms with Crippen molar-refractivity contribution >= 4 is 5.91 Å². The van der Waals surface area contributed by atoms with Gasteiger partial charge in [-0.25, -0.2) is 4.39 Å². The van der Waals surface area contributed by atoms with Crippen molar-refractivity contribution < 1.29 is 9.18 Å². The predicted octanol–water partition coefficient (Wildman–Crippen LogP) is 0.888. The molecule has 1 unspecified atom stereocenters. The number of hydrogen-bond acceptors (Lipinski definition) is 3. The van der Waals surface area contributed by atoms with E-state index in [1.807, 2.05) is 11.8 Å². The van der Waals surface area contributed by atoms with Crippen LogP contribution in [0.3, 0.4) is 0 Å². The summed E-state index contributed by atoms with van der Waals surface area (Å²) >= 11 is 0. The molecule has 4 nitrogen and oxygen atoms in total. The molecule has 5 heteroatoms. The van der Waals surface area contributed by atoms with Crippen LogP contribution < -0.4 is 10.6 Å². The van der Waals surface area contributed by atoms with Crippen LogP contribution in [0.25, 0.3) is 0 Å². The van der Waals surface area contributed by atoms with E-state index >= 15 is 0 Å². The van der Waals surface area contributed by atoms with Crippen molar-refractivity contribution in [3.63, 3.8) is 0 Å². The molecule has 0 aromatic heterocycles. The van der Waals surface area contributed by atoms with E-state index in [0.29, 0.717) is 24.2 Å². The fraction of sp³-hybridized carbons (Fsp3) is 0.533. The highest BCUT2D eigenvalue weighted by Gasteiger charge is 2.38. The molecule has 2 aliphatic rings. The number of hydrogen-bond donors (Lipinski definition) is 2. The maximum absolute atomic E-state index is 14.2. The molecule has 2 heterocycles. The Morgan fingerprint density at radius 1 is 1.30 bits per heavy atom. The molecule has 0 bridgehead atoms. The van der Waals surface area contributed by atoms with Gasteiger partial charge in [0.2, 0.25) is 0 Å². The number of amides is 1. The summed E-state index contributed by atoms with van der Waals surface area (Å²) in [6.45, 7) is 5.12. The van der Waals surface area contributed by atoms with Crippen molar-refractivity contribution in [1.29, 1.82) is 0 Å². The topological polar surface area (TPSA) is 44.4 Å². The van der Waals surface area contributed by atoms with Crippen molar-refractivity contribution in [1.82, 2.24) is 15.5 Å². The molecule has 2 saturated heterocycles. The van der Waals surface area contributed by atoms with Crippen LogP contribution in [0.1, 0.15) is 22.8 Å². The standard InChI is InChI=1S/C15H20FN3O/c1-11-8-17-6-7-19(11)14(20)12-2-4-13(5-3-12)15(16)9-18-10-15/h2-5,11,17-18H,6-10H2,1H3. The van der Waals surface area contributed by atoms with Gasteiger partial charge in [-0.05, 0) is 24.6 Å². The summed E-state index contributed by atoms with van der Waals surface area (Å²) in [6, 6.07) is 7.15. The second-order valence-electron chi connectivity index (χ2n) is 5.70. The van der Waals surface area contributed by atoms with Crippen LogP contribution in [0.2, 0.25) is 0 Å².